The average Bonchev–Trinajstić information content (AvgIpc) is 3.06. The second-order valence-electron chi connectivity index (χ2n) is 6.17. The molecule has 0 radical (unpaired) electrons. The van der Waals surface area contributed by atoms with Crippen LogP contribution in [0, 0.1) is 5.92 Å². The molecule has 3 rings (SSSR count). The summed E-state index contributed by atoms with van der Waals surface area (Å²) in [4.78, 5) is 0.884. The summed E-state index contributed by atoms with van der Waals surface area (Å²) in [7, 11) is 0. The van der Waals surface area contributed by atoms with Gasteiger partial charge in [0.05, 0.1) is 0 Å². The van der Waals surface area contributed by atoms with Crippen molar-refractivity contribution in [3.05, 3.63) is 46.2 Å². The highest BCUT2D eigenvalue weighted by molar-refractivity contribution is 7.16. The third-order valence-electron chi connectivity index (χ3n) is 3.88. The van der Waals surface area contributed by atoms with Crippen molar-refractivity contribution in [1.29, 1.82) is 0 Å². The molecule has 0 aliphatic carbocycles. The summed E-state index contributed by atoms with van der Waals surface area (Å²) in [5.74, 6) is 1.90. The summed E-state index contributed by atoms with van der Waals surface area (Å²) >= 11 is 1.63. The Kier molecular flexibility index (Phi) is 4.25. The van der Waals surface area contributed by atoms with Gasteiger partial charge in [-0.2, -0.15) is 9.61 Å². The molecule has 0 saturated heterocycles. The second kappa shape index (κ2) is 6.16. The number of aryl methyl sites for hydroxylation is 1. The Bertz CT molecular complexity index is 755. The van der Waals surface area contributed by atoms with Gasteiger partial charge in [-0.1, -0.05) is 63.3 Å². The summed E-state index contributed by atoms with van der Waals surface area (Å²) in [5.41, 5.74) is 2.70. The molecule has 2 heterocycles. The zero-order valence-electron chi connectivity index (χ0n) is 13.6. The molecule has 0 amide bonds. The normalized spacial score (nSPS) is 13.1. The molecule has 3 aromatic rings. The maximum Gasteiger partial charge on any atom is 0.234 e. The van der Waals surface area contributed by atoms with Crippen LogP contribution in [0.3, 0.4) is 0 Å². The van der Waals surface area contributed by atoms with Crippen molar-refractivity contribution in [3.63, 3.8) is 0 Å². The molecule has 5 heteroatoms. The van der Waals surface area contributed by atoms with Crippen LogP contribution in [0.4, 0.5) is 0 Å². The number of fused-ring (bicyclic) bond motifs is 1. The lowest BCUT2D eigenvalue weighted by Crippen LogP contribution is -2.00. The highest BCUT2D eigenvalue weighted by Crippen LogP contribution is 2.28. The van der Waals surface area contributed by atoms with Gasteiger partial charge in [0.1, 0.15) is 5.01 Å². The molecular weight excluding hydrogens is 292 g/mol. The first-order valence-electron chi connectivity index (χ1n) is 7.88. The summed E-state index contributed by atoms with van der Waals surface area (Å²) in [6.45, 7) is 8.78. The molecule has 1 atom stereocenters. The summed E-state index contributed by atoms with van der Waals surface area (Å²) in [6, 6.07) is 8.93. The predicted octanol–water partition coefficient (Wildman–Crippen LogP) is 4.10. The largest absolute Gasteiger partial charge is 0.234 e. The Labute approximate surface area is 135 Å². The molecule has 0 aliphatic heterocycles. The van der Waals surface area contributed by atoms with Gasteiger partial charge in [-0.25, -0.2) is 0 Å². The Morgan fingerprint density at radius 1 is 1.09 bits per heavy atom. The molecule has 0 bridgehead atoms. The minimum Gasteiger partial charge on any atom is -0.187 e. The lowest BCUT2D eigenvalue weighted by molar-refractivity contribution is 0.647. The van der Waals surface area contributed by atoms with Gasteiger partial charge in [0.15, 0.2) is 5.82 Å². The van der Waals surface area contributed by atoms with Crippen LogP contribution in [0.5, 0.6) is 0 Å². The standard InChI is InChI=1S/C17H22N4S/c1-5-15-18-19-17-21(15)20-16(22-17)12(4)14-8-6-13(7-9-14)10-11(2)3/h6-9,11-12H,5,10H2,1-4H3. The highest BCUT2D eigenvalue weighted by Gasteiger charge is 2.17. The highest BCUT2D eigenvalue weighted by atomic mass is 32.1. The van der Waals surface area contributed by atoms with Gasteiger partial charge in [0, 0.05) is 12.3 Å². The van der Waals surface area contributed by atoms with Crippen LogP contribution >= 0.6 is 11.3 Å². The smallest absolute Gasteiger partial charge is 0.187 e. The molecule has 4 nitrogen and oxygen atoms in total. The summed E-state index contributed by atoms with van der Waals surface area (Å²) in [6.07, 6.45) is 1.98. The number of rotatable bonds is 5. The average molecular weight is 314 g/mol. The van der Waals surface area contributed by atoms with Crippen LogP contribution in [0.15, 0.2) is 24.3 Å². The van der Waals surface area contributed by atoms with Crippen molar-refractivity contribution in [3.8, 4) is 0 Å². The van der Waals surface area contributed by atoms with E-state index in [1.165, 1.54) is 11.1 Å². The molecule has 116 valence electrons. The molecule has 22 heavy (non-hydrogen) atoms. The predicted molar refractivity (Wildman–Crippen MR) is 90.5 cm³/mol. The Morgan fingerprint density at radius 2 is 1.82 bits per heavy atom. The maximum absolute atomic E-state index is 4.70. The Balaban J connectivity index is 1.85. The van der Waals surface area contributed by atoms with E-state index >= 15 is 0 Å². The molecule has 2 aromatic heterocycles. The minimum atomic E-state index is 0.282. The van der Waals surface area contributed by atoms with E-state index in [4.69, 9.17) is 5.10 Å². The van der Waals surface area contributed by atoms with E-state index in [9.17, 15) is 0 Å². The van der Waals surface area contributed by atoms with E-state index in [-0.39, 0.29) is 5.92 Å². The minimum absolute atomic E-state index is 0.282. The van der Waals surface area contributed by atoms with Crippen LogP contribution in [0.1, 0.15) is 55.6 Å². The summed E-state index contributed by atoms with van der Waals surface area (Å²) in [5, 5.41) is 14.1. The first kappa shape index (κ1) is 15.2. The SMILES string of the molecule is CCc1nnc2sc(C(C)c3ccc(CC(C)C)cc3)nn12. The molecule has 0 spiro atoms. The summed E-state index contributed by atoms with van der Waals surface area (Å²) < 4.78 is 1.88. The third kappa shape index (κ3) is 2.90. The van der Waals surface area contributed by atoms with Crippen molar-refractivity contribution >= 4 is 16.3 Å². The lowest BCUT2D eigenvalue weighted by atomic mass is 9.97. The van der Waals surface area contributed by atoms with Gasteiger partial charge < -0.3 is 0 Å². The van der Waals surface area contributed by atoms with Crippen LogP contribution in [-0.2, 0) is 12.8 Å². The van der Waals surface area contributed by atoms with E-state index in [1.54, 1.807) is 11.3 Å². The molecule has 1 unspecified atom stereocenters. The fourth-order valence-corrected chi connectivity index (χ4v) is 3.56. The van der Waals surface area contributed by atoms with Crippen molar-refractivity contribution < 1.29 is 0 Å². The Hall–Kier alpha value is -1.75. The molecule has 0 aliphatic rings. The van der Waals surface area contributed by atoms with Crippen LogP contribution < -0.4 is 0 Å². The van der Waals surface area contributed by atoms with Crippen molar-refractivity contribution in [2.45, 2.75) is 46.5 Å². The van der Waals surface area contributed by atoms with Crippen molar-refractivity contribution in [1.82, 2.24) is 19.8 Å². The number of nitrogens with zero attached hydrogens (tertiary/aromatic N) is 4. The molecule has 1 aromatic carbocycles. The quantitative estimate of drug-likeness (QED) is 0.712. The third-order valence-corrected chi connectivity index (χ3v) is 4.96. The molecule has 0 fully saturated rings. The van der Waals surface area contributed by atoms with Crippen molar-refractivity contribution in [2.24, 2.45) is 5.92 Å². The maximum atomic E-state index is 4.70. The van der Waals surface area contributed by atoms with Crippen LogP contribution in [-0.4, -0.2) is 19.8 Å². The van der Waals surface area contributed by atoms with E-state index in [0.717, 1.165) is 28.6 Å². The fraction of sp³-hybridized carbons (Fsp3) is 0.471. The van der Waals surface area contributed by atoms with Gasteiger partial charge >= 0.3 is 0 Å². The zero-order valence-corrected chi connectivity index (χ0v) is 14.4. The van der Waals surface area contributed by atoms with Gasteiger partial charge in [0.25, 0.3) is 0 Å². The topological polar surface area (TPSA) is 43.1 Å². The fourth-order valence-electron chi connectivity index (χ4n) is 2.62. The van der Waals surface area contributed by atoms with Gasteiger partial charge in [-0.05, 0) is 23.5 Å². The van der Waals surface area contributed by atoms with E-state index < -0.39 is 0 Å². The van der Waals surface area contributed by atoms with Gasteiger partial charge in [0.2, 0.25) is 4.96 Å². The van der Waals surface area contributed by atoms with Gasteiger partial charge in [-0.3, -0.25) is 0 Å². The Morgan fingerprint density at radius 3 is 2.45 bits per heavy atom. The van der Waals surface area contributed by atoms with Crippen LogP contribution in [0.25, 0.3) is 4.96 Å². The first-order chi connectivity index (χ1) is 10.6. The van der Waals surface area contributed by atoms with Crippen LogP contribution in [0.2, 0.25) is 0 Å². The first-order valence-corrected chi connectivity index (χ1v) is 8.70. The molecular formula is C17H22N4S. The molecule has 0 saturated carbocycles. The van der Waals surface area contributed by atoms with Gasteiger partial charge in [-0.15, -0.1) is 10.2 Å². The van der Waals surface area contributed by atoms with E-state index in [0.29, 0.717) is 5.92 Å². The monoisotopic (exact) mass is 314 g/mol. The number of benzene rings is 1. The zero-order chi connectivity index (χ0) is 15.7. The van der Waals surface area contributed by atoms with E-state index in [2.05, 4.69) is 62.2 Å². The van der Waals surface area contributed by atoms with Crippen molar-refractivity contribution in [2.75, 3.05) is 0 Å². The van der Waals surface area contributed by atoms with E-state index in [1.807, 2.05) is 4.52 Å². The molecule has 0 N–H and O–H groups in total. The number of hydrogen-bond acceptors (Lipinski definition) is 4. The number of aromatic nitrogens is 4. The lowest BCUT2D eigenvalue weighted by Gasteiger charge is -2.10. The second-order valence-corrected chi connectivity index (χ2v) is 7.15. The number of hydrogen-bond donors (Lipinski definition) is 0.